The fourth-order valence-electron chi connectivity index (χ4n) is 2.58. The zero-order valence-corrected chi connectivity index (χ0v) is 16.3. The number of rotatable bonds is 6. The number of hydrogen-bond donors (Lipinski definition) is 2. The first kappa shape index (κ1) is 19.6. The van der Waals surface area contributed by atoms with Gasteiger partial charge in [0, 0.05) is 17.8 Å². The standard InChI is InChI=1S/C19H21N5O3S/c1-12(2)14-9-22-17(28(25,26)11-13-6-4-3-5-7-13)8-15(14)27-16-10-23-19(21)24-18(16)20/h3-10,12H,11H2,1-2H3,(H4,20,21,23,24). The molecule has 0 aliphatic rings. The lowest BCUT2D eigenvalue weighted by molar-refractivity contribution is 0.467. The van der Waals surface area contributed by atoms with E-state index < -0.39 is 9.84 Å². The van der Waals surface area contributed by atoms with E-state index in [1.54, 1.807) is 24.3 Å². The van der Waals surface area contributed by atoms with Crippen molar-refractivity contribution in [2.45, 2.75) is 30.5 Å². The first-order valence-corrected chi connectivity index (χ1v) is 10.2. The van der Waals surface area contributed by atoms with Gasteiger partial charge in [0.25, 0.3) is 0 Å². The maximum absolute atomic E-state index is 12.8. The van der Waals surface area contributed by atoms with Crippen molar-refractivity contribution in [2.24, 2.45) is 0 Å². The average Bonchev–Trinajstić information content (AvgIpc) is 2.64. The Morgan fingerprint density at radius 1 is 1.04 bits per heavy atom. The minimum absolute atomic E-state index is 0.0230. The van der Waals surface area contributed by atoms with Crippen LogP contribution in [-0.2, 0) is 15.6 Å². The zero-order chi connectivity index (χ0) is 20.3. The molecule has 8 nitrogen and oxygen atoms in total. The lowest BCUT2D eigenvalue weighted by Crippen LogP contribution is -2.09. The molecule has 146 valence electrons. The van der Waals surface area contributed by atoms with Crippen LogP contribution in [0.4, 0.5) is 11.8 Å². The summed E-state index contributed by atoms with van der Waals surface area (Å²) in [4.78, 5) is 11.9. The van der Waals surface area contributed by atoms with Gasteiger partial charge in [-0.1, -0.05) is 44.2 Å². The number of sulfone groups is 1. The molecule has 0 unspecified atom stereocenters. The molecule has 0 radical (unpaired) electrons. The van der Waals surface area contributed by atoms with Gasteiger partial charge in [-0.05, 0) is 11.5 Å². The number of nitrogens with zero attached hydrogens (tertiary/aromatic N) is 3. The Kier molecular flexibility index (Phi) is 5.46. The molecule has 0 bridgehead atoms. The summed E-state index contributed by atoms with van der Waals surface area (Å²) >= 11 is 0. The summed E-state index contributed by atoms with van der Waals surface area (Å²) in [5.74, 6) is 0.492. The van der Waals surface area contributed by atoms with Crippen molar-refractivity contribution >= 4 is 21.6 Å². The molecule has 1 aromatic carbocycles. The van der Waals surface area contributed by atoms with Gasteiger partial charge in [0.05, 0.1) is 11.9 Å². The van der Waals surface area contributed by atoms with Crippen molar-refractivity contribution in [3.8, 4) is 11.5 Å². The Balaban J connectivity index is 1.99. The van der Waals surface area contributed by atoms with Gasteiger partial charge in [-0.15, -0.1) is 0 Å². The van der Waals surface area contributed by atoms with Crippen LogP contribution < -0.4 is 16.2 Å². The summed E-state index contributed by atoms with van der Waals surface area (Å²) in [5.41, 5.74) is 12.7. The minimum atomic E-state index is -3.66. The smallest absolute Gasteiger partial charge is 0.222 e. The number of anilines is 2. The highest BCUT2D eigenvalue weighted by Gasteiger charge is 2.21. The molecule has 4 N–H and O–H groups in total. The highest BCUT2D eigenvalue weighted by molar-refractivity contribution is 7.90. The molecular formula is C19H21N5O3S. The van der Waals surface area contributed by atoms with Crippen LogP contribution in [-0.4, -0.2) is 23.4 Å². The van der Waals surface area contributed by atoms with Crippen LogP contribution in [0, 0.1) is 0 Å². The molecule has 0 aliphatic carbocycles. The van der Waals surface area contributed by atoms with Crippen LogP contribution >= 0.6 is 0 Å². The Hall–Kier alpha value is -3.20. The quantitative estimate of drug-likeness (QED) is 0.646. The SMILES string of the molecule is CC(C)c1cnc(S(=O)(=O)Cc2ccccc2)cc1Oc1cnc(N)nc1N. The molecule has 0 aliphatic heterocycles. The van der Waals surface area contributed by atoms with Crippen molar-refractivity contribution in [1.29, 1.82) is 0 Å². The largest absolute Gasteiger partial charge is 0.451 e. The van der Waals surface area contributed by atoms with E-state index in [9.17, 15) is 8.42 Å². The molecule has 2 heterocycles. The Labute approximate surface area is 163 Å². The van der Waals surface area contributed by atoms with Crippen LogP contribution in [0.5, 0.6) is 11.5 Å². The number of benzene rings is 1. The Bertz CT molecular complexity index is 1090. The molecule has 0 saturated heterocycles. The van der Waals surface area contributed by atoms with E-state index in [0.717, 1.165) is 5.56 Å². The van der Waals surface area contributed by atoms with Gasteiger partial charge in [-0.25, -0.2) is 18.4 Å². The maximum atomic E-state index is 12.8. The third-order valence-corrected chi connectivity index (χ3v) is 5.61. The second kappa shape index (κ2) is 7.81. The lowest BCUT2D eigenvalue weighted by atomic mass is 10.1. The fraction of sp³-hybridized carbons (Fsp3) is 0.211. The molecule has 3 aromatic rings. The number of hydrogen-bond acceptors (Lipinski definition) is 8. The number of nitrogen functional groups attached to an aromatic ring is 2. The molecule has 0 saturated carbocycles. The molecule has 0 atom stereocenters. The number of pyridine rings is 1. The summed E-state index contributed by atoms with van der Waals surface area (Å²) in [6.45, 7) is 3.90. The van der Waals surface area contributed by atoms with Crippen molar-refractivity contribution in [1.82, 2.24) is 15.0 Å². The summed E-state index contributed by atoms with van der Waals surface area (Å²) < 4.78 is 31.5. The van der Waals surface area contributed by atoms with Crippen molar-refractivity contribution < 1.29 is 13.2 Å². The van der Waals surface area contributed by atoms with Crippen LogP contribution in [0.2, 0.25) is 0 Å². The second-order valence-electron chi connectivity index (χ2n) is 6.54. The van der Waals surface area contributed by atoms with Crippen molar-refractivity contribution in [3.05, 3.63) is 59.9 Å². The summed E-state index contributed by atoms with van der Waals surface area (Å²) in [5, 5.41) is -0.0781. The third-order valence-electron chi connectivity index (χ3n) is 4.03. The Morgan fingerprint density at radius 2 is 1.75 bits per heavy atom. The van der Waals surface area contributed by atoms with Crippen LogP contribution in [0.25, 0.3) is 0 Å². The summed E-state index contributed by atoms with van der Waals surface area (Å²) in [6, 6.07) is 10.3. The monoisotopic (exact) mass is 399 g/mol. The van der Waals surface area contributed by atoms with Crippen LogP contribution in [0.15, 0.2) is 53.8 Å². The van der Waals surface area contributed by atoms with Gasteiger partial charge in [0.1, 0.15) is 5.75 Å². The van der Waals surface area contributed by atoms with Crippen molar-refractivity contribution in [2.75, 3.05) is 11.5 Å². The van der Waals surface area contributed by atoms with Gasteiger partial charge in [-0.2, -0.15) is 4.98 Å². The average molecular weight is 399 g/mol. The predicted octanol–water partition coefficient (Wildman–Crippen LogP) is 2.93. The number of aromatic nitrogens is 3. The van der Waals surface area contributed by atoms with E-state index in [1.807, 2.05) is 19.9 Å². The molecule has 0 fully saturated rings. The topological polar surface area (TPSA) is 134 Å². The molecule has 28 heavy (non-hydrogen) atoms. The van der Waals surface area contributed by atoms with Gasteiger partial charge in [0.15, 0.2) is 26.4 Å². The van der Waals surface area contributed by atoms with E-state index in [1.165, 1.54) is 18.5 Å². The van der Waals surface area contributed by atoms with Gasteiger partial charge < -0.3 is 16.2 Å². The Morgan fingerprint density at radius 3 is 2.39 bits per heavy atom. The highest BCUT2D eigenvalue weighted by Crippen LogP contribution is 2.33. The number of nitrogens with two attached hydrogens (primary N) is 2. The third kappa shape index (κ3) is 4.37. The first-order valence-electron chi connectivity index (χ1n) is 8.58. The maximum Gasteiger partial charge on any atom is 0.222 e. The second-order valence-corrected chi connectivity index (χ2v) is 8.48. The van der Waals surface area contributed by atoms with E-state index in [4.69, 9.17) is 16.2 Å². The summed E-state index contributed by atoms with van der Waals surface area (Å²) in [6.07, 6.45) is 2.85. The van der Waals surface area contributed by atoms with E-state index in [-0.39, 0.29) is 34.2 Å². The van der Waals surface area contributed by atoms with E-state index in [2.05, 4.69) is 15.0 Å². The number of ether oxygens (including phenoxy) is 1. The van der Waals surface area contributed by atoms with Gasteiger partial charge in [-0.3, -0.25) is 0 Å². The first-order chi connectivity index (χ1) is 13.3. The molecule has 0 spiro atoms. The molecule has 9 heteroatoms. The minimum Gasteiger partial charge on any atom is -0.451 e. The zero-order valence-electron chi connectivity index (χ0n) is 15.5. The van der Waals surface area contributed by atoms with Crippen LogP contribution in [0.3, 0.4) is 0 Å². The van der Waals surface area contributed by atoms with Gasteiger partial charge >= 0.3 is 0 Å². The fourth-order valence-corrected chi connectivity index (χ4v) is 3.86. The predicted molar refractivity (Wildman–Crippen MR) is 107 cm³/mol. The van der Waals surface area contributed by atoms with Crippen molar-refractivity contribution in [3.63, 3.8) is 0 Å². The van der Waals surface area contributed by atoms with E-state index >= 15 is 0 Å². The highest BCUT2D eigenvalue weighted by atomic mass is 32.2. The van der Waals surface area contributed by atoms with Gasteiger partial charge in [0.2, 0.25) is 5.95 Å². The van der Waals surface area contributed by atoms with Crippen LogP contribution in [0.1, 0.15) is 30.9 Å². The molecule has 3 rings (SSSR count). The van der Waals surface area contributed by atoms with E-state index in [0.29, 0.717) is 11.3 Å². The summed E-state index contributed by atoms with van der Waals surface area (Å²) in [7, 11) is -3.66. The molecule has 0 amide bonds. The molecular weight excluding hydrogens is 378 g/mol. The molecule has 2 aromatic heterocycles. The normalized spacial score (nSPS) is 11.5. The lowest BCUT2D eigenvalue weighted by Gasteiger charge is -2.15.